The molecule has 3 aromatic heterocycles. The molecular formula is C72H69N3O. The molecule has 0 aliphatic heterocycles. The smallest absolute Gasteiger partial charge is 0.136 e. The minimum absolute atomic E-state index is 0.0512. The molecule has 4 nitrogen and oxygen atoms in total. The van der Waals surface area contributed by atoms with Gasteiger partial charge in [-0.2, -0.15) is 0 Å². The van der Waals surface area contributed by atoms with E-state index in [-0.39, 0.29) is 21.7 Å². The van der Waals surface area contributed by atoms with Crippen molar-refractivity contribution in [3.05, 3.63) is 204 Å². The molecule has 4 heteroatoms. The molecule has 9 aromatic carbocycles. The molecule has 378 valence electrons. The van der Waals surface area contributed by atoms with Crippen LogP contribution in [0, 0.1) is 11.3 Å². The summed E-state index contributed by atoms with van der Waals surface area (Å²) in [5.74, 6) is 0.481. The minimum Gasteiger partial charge on any atom is -0.456 e. The van der Waals surface area contributed by atoms with E-state index in [1.54, 1.807) is 0 Å². The lowest BCUT2D eigenvalue weighted by Gasteiger charge is -2.33. The van der Waals surface area contributed by atoms with Gasteiger partial charge in [0, 0.05) is 66.5 Å². The minimum atomic E-state index is 0.0512. The Kier molecular flexibility index (Phi) is 10.6. The number of para-hydroxylation sites is 1. The number of benzene rings is 9. The van der Waals surface area contributed by atoms with Crippen LogP contribution in [0.4, 0.5) is 28.4 Å². The predicted molar refractivity (Wildman–Crippen MR) is 328 cm³/mol. The topological polar surface area (TPSA) is 24.0 Å². The van der Waals surface area contributed by atoms with Crippen molar-refractivity contribution < 1.29 is 4.42 Å². The summed E-state index contributed by atoms with van der Waals surface area (Å²) in [6.45, 7) is 27.6. The molecule has 13 rings (SSSR count). The van der Waals surface area contributed by atoms with E-state index in [1.807, 2.05) is 0 Å². The Morgan fingerprint density at radius 3 is 1.42 bits per heavy atom. The summed E-state index contributed by atoms with van der Waals surface area (Å²) in [6, 6.07) is 62.1. The first-order chi connectivity index (χ1) is 36.2. The Balaban J connectivity index is 1.03. The largest absolute Gasteiger partial charge is 0.456 e. The maximum absolute atomic E-state index is 6.77. The third-order valence-electron chi connectivity index (χ3n) is 16.7. The summed E-state index contributed by atoms with van der Waals surface area (Å²) in [5, 5.41) is 12.0. The first-order valence-electron chi connectivity index (χ1n) is 27.4. The van der Waals surface area contributed by atoms with Crippen LogP contribution in [-0.4, -0.2) is 4.40 Å². The molecule has 1 unspecified atom stereocenters. The Hall–Kier alpha value is -7.82. The van der Waals surface area contributed by atoms with Gasteiger partial charge in [0.05, 0.1) is 16.6 Å². The Labute approximate surface area is 447 Å². The van der Waals surface area contributed by atoms with Crippen molar-refractivity contribution >= 4 is 110 Å². The highest BCUT2D eigenvalue weighted by Gasteiger charge is 2.28. The summed E-state index contributed by atoms with van der Waals surface area (Å²) in [6.07, 6.45) is 8.23. The highest BCUT2D eigenvalue weighted by molar-refractivity contribution is 6.36. The van der Waals surface area contributed by atoms with Gasteiger partial charge >= 0.3 is 0 Å². The van der Waals surface area contributed by atoms with Crippen LogP contribution >= 0.6 is 0 Å². The Morgan fingerprint density at radius 1 is 0.421 bits per heavy atom. The van der Waals surface area contributed by atoms with Crippen LogP contribution in [0.25, 0.3) is 81.6 Å². The van der Waals surface area contributed by atoms with E-state index in [1.165, 1.54) is 87.4 Å². The maximum Gasteiger partial charge on any atom is 0.136 e. The highest BCUT2D eigenvalue weighted by Crippen LogP contribution is 2.49. The first-order valence-corrected chi connectivity index (χ1v) is 27.4. The number of aromatic nitrogens is 1. The van der Waals surface area contributed by atoms with Crippen molar-refractivity contribution in [1.82, 2.24) is 4.40 Å². The van der Waals surface area contributed by atoms with Gasteiger partial charge in [-0.25, -0.2) is 0 Å². The molecule has 0 fully saturated rings. The summed E-state index contributed by atoms with van der Waals surface area (Å²) in [5.41, 5.74) is 16.7. The van der Waals surface area contributed by atoms with Gasteiger partial charge in [0.15, 0.2) is 0 Å². The number of rotatable bonds is 6. The molecule has 12 aromatic rings. The number of nitrogens with zero attached hydrogens (tertiary/aromatic N) is 3. The van der Waals surface area contributed by atoms with Crippen LogP contribution < -0.4 is 9.80 Å². The lowest BCUT2D eigenvalue weighted by atomic mass is 9.77. The lowest BCUT2D eigenvalue weighted by Crippen LogP contribution is -2.23. The van der Waals surface area contributed by atoms with Crippen LogP contribution in [-0.2, 0) is 16.2 Å². The number of hydrogen-bond acceptors (Lipinski definition) is 3. The Morgan fingerprint density at radius 2 is 0.908 bits per heavy atom. The fourth-order valence-electron chi connectivity index (χ4n) is 12.2. The molecular weight excluding hydrogens is 923 g/mol. The summed E-state index contributed by atoms with van der Waals surface area (Å²) in [7, 11) is 0. The van der Waals surface area contributed by atoms with Gasteiger partial charge in [0.25, 0.3) is 0 Å². The van der Waals surface area contributed by atoms with Crippen LogP contribution in [0.3, 0.4) is 0 Å². The molecule has 1 atom stereocenters. The number of allylic oxidation sites excluding steroid dienone is 3. The molecule has 0 N–H and O–H groups in total. The van der Waals surface area contributed by atoms with E-state index in [0.717, 1.165) is 51.4 Å². The molecule has 0 saturated carbocycles. The molecule has 76 heavy (non-hydrogen) atoms. The van der Waals surface area contributed by atoms with Crippen molar-refractivity contribution in [2.45, 2.75) is 106 Å². The highest BCUT2D eigenvalue weighted by atomic mass is 16.3. The van der Waals surface area contributed by atoms with Gasteiger partial charge in [0.2, 0.25) is 0 Å². The van der Waals surface area contributed by atoms with Crippen molar-refractivity contribution in [2.24, 2.45) is 11.3 Å². The molecule has 0 saturated heterocycles. The average molecular weight is 992 g/mol. The number of hydrogen-bond donors (Lipinski definition) is 0. The summed E-state index contributed by atoms with van der Waals surface area (Å²) < 4.78 is 9.33. The second-order valence-corrected chi connectivity index (χ2v) is 26.0. The average Bonchev–Trinajstić information content (AvgIpc) is 4.18. The van der Waals surface area contributed by atoms with E-state index < -0.39 is 0 Å². The SMILES string of the molecule is CC(C)(C)c1ccc(N(C2=CCC(C(C)(C)C)C=C2)c2ccc3cc4c5cc6oc7ccccc7c6c6c7cc8ccc(N(c9ccc(C(C)(C)C)cc9)c9ccc(C(C)(C)C)cc9)cc8cc7n(c4cc3c2)c56)cc1. The number of anilines is 5. The van der Waals surface area contributed by atoms with Crippen molar-refractivity contribution in [3.8, 4) is 0 Å². The Bertz CT molecular complexity index is 4270. The van der Waals surface area contributed by atoms with Gasteiger partial charge in [-0.1, -0.05) is 162 Å². The van der Waals surface area contributed by atoms with Gasteiger partial charge in [-0.3, -0.25) is 0 Å². The molecule has 3 heterocycles. The van der Waals surface area contributed by atoms with Gasteiger partial charge < -0.3 is 18.6 Å². The van der Waals surface area contributed by atoms with E-state index in [2.05, 4.69) is 279 Å². The van der Waals surface area contributed by atoms with Crippen molar-refractivity contribution in [3.63, 3.8) is 0 Å². The standard InChI is InChI=1S/C72H69N3O/c1-69(2,3)48-19-29-52(30-20-48)73(53-31-21-49(22-32-53)70(4,5)6)56-27-17-44-39-59-60-43-65-66(58-15-13-14-16-64(58)76-65)67-61-40-45-18-28-57(38-47(45)42-63(61)75(68(60)67)62(59)41-46(44)37-56)74(54-33-23-50(24-34-54)71(7,8)9)55-35-25-51(26-36-55)72(10,11)12/h13-21,23-43,49H,22H2,1-12H3. The fourth-order valence-corrected chi connectivity index (χ4v) is 12.2. The molecule has 0 amide bonds. The van der Waals surface area contributed by atoms with Crippen molar-refractivity contribution in [1.29, 1.82) is 0 Å². The second-order valence-electron chi connectivity index (χ2n) is 26.0. The monoisotopic (exact) mass is 992 g/mol. The normalized spacial score (nSPS) is 14.9. The van der Waals surface area contributed by atoms with Crippen LogP contribution in [0.15, 0.2) is 192 Å². The van der Waals surface area contributed by atoms with Gasteiger partial charge in [0.1, 0.15) is 11.2 Å². The molecule has 1 aliphatic carbocycles. The lowest BCUT2D eigenvalue weighted by molar-refractivity contribution is 0.293. The quantitative estimate of drug-likeness (QED) is 0.166. The van der Waals surface area contributed by atoms with E-state index >= 15 is 0 Å². The number of furan rings is 1. The van der Waals surface area contributed by atoms with Crippen molar-refractivity contribution in [2.75, 3.05) is 9.80 Å². The van der Waals surface area contributed by atoms with Gasteiger partial charge in [-0.15, -0.1) is 0 Å². The van der Waals surface area contributed by atoms with Crippen LogP contribution in [0.5, 0.6) is 0 Å². The fraction of sp³-hybridized carbons (Fsp3) is 0.250. The zero-order valence-corrected chi connectivity index (χ0v) is 46.4. The summed E-state index contributed by atoms with van der Waals surface area (Å²) >= 11 is 0. The third kappa shape index (κ3) is 7.86. The first kappa shape index (κ1) is 47.9. The maximum atomic E-state index is 6.77. The molecule has 1 aliphatic rings. The van der Waals surface area contributed by atoms with Gasteiger partial charge in [-0.05, 0) is 175 Å². The van der Waals surface area contributed by atoms with Crippen LogP contribution in [0.1, 0.15) is 106 Å². The second kappa shape index (κ2) is 16.8. The van der Waals surface area contributed by atoms with E-state index in [4.69, 9.17) is 4.42 Å². The van der Waals surface area contributed by atoms with E-state index in [9.17, 15) is 0 Å². The summed E-state index contributed by atoms with van der Waals surface area (Å²) in [4.78, 5) is 4.87. The third-order valence-corrected chi connectivity index (χ3v) is 16.7. The zero-order chi connectivity index (χ0) is 52.8. The molecule has 0 radical (unpaired) electrons. The zero-order valence-electron chi connectivity index (χ0n) is 46.4. The van der Waals surface area contributed by atoms with E-state index in [0.29, 0.717) is 5.92 Å². The van der Waals surface area contributed by atoms with Crippen LogP contribution in [0.2, 0.25) is 0 Å². The molecule has 0 spiro atoms. The molecule has 0 bridgehead atoms. The number of fused-ring (bicyclic) bond motifs is 12. The predicted octanol–water partition coefficient (Wildman–Crippen LogP) is 21.0.